The first kappa shape index (κ1) is 16.4. The molecule has 0 aliphatic rings. The van der Waals surface area contributed by atoms with E-state index in [4.69, 9.17) is 9.72 Å². The van der Waals surface area contributed by atoms with Gasteiger partial charge in [-0.3, -0.25) is 0 Å². The number of hydrogen-bond donors (Lipinski definition) is 1. The van der Waals surface area contributed by atoms with Gasteiger partial charge >= 0.3 is 5.97 Å². The van der Waals surface area contributed by atoms with E-state index in [0.29, 0.717) is 11.5 Å². The van der Waals surface area contributed by atoms with Crippen molar-refractivity contribution < 1.29 is 9.53 Å². The van der Waals surface area contributed by atoms with Crippen LogP contribution in [0.15, 0.2) is 18.2 Å². The van der Waals surface area contributed by atoms with Gasteiger partial charge in [-0.1, -0.05) is 26.8 Å². The molecular formula is C19H23N3O2. The van der Waals surface area contributed by atoms with E-state index >= 15 is 0 Å². The lowest BCUT2D eigenvalue weighted by molar-refractivity contribution is 0.0601. The minimum Gasteiger partial charge on any atom is -0.465 e. The summed E-state index contributed by atoms with van der Waals surface area (Å²) in [5, 5.41) is 2.13. The number of rotatable bonds is 5. The van der Waals surface area contributed by atoms with Crippen LogP contribution in [0.3, 0.4) is 0 Å². The number of carbonyl (C=O) groups excluding carboxylic acids is 1. The van der Waals surface area contributed by atoms with Gasteiger partial charge in [-0.05, 0) is 25.0 Å². The number of aryl methyl sites for hydroxylation is 1. The van der Waals surface area contributed by atoms with Crippen molar-refractivity contribution in [1.82, 2.24) is 15.0 Å². The zero-order valence-corrected chi connectivity index (χ0v) is 14.6. The highest BCUT2D eigenvalue weighted by molar-refractivity contribution is 6.09. The van der Waals surface area contributed by atoms with Crippen LogP contribution >= 0.6 is 0 Å². The van der Waals surface area contributed by atoms with Gasteiger partial charge in [-0.25, -0.2) is 14.8 Å². The second-order valence-electron chi connectivity index (χ2n) is 5.99. The Morgan fingerprint density at radius 1 is 1.21 bits per heavy atom. The molecule has 0 spiro atoms. The van der Waals surface area contributed by atoms with Crippen molar-refractivity contribution in [2.24, 2.45) is 0 Å². The van der Waals surface area contributed by atoms with E-state index in [1.807, 2.05) is 12.1 Å². The Balaban J connectivity index is 2.31. The van der Waals surface area contributed by atoms with Crippen LogP contribution in [0.25, 0.3) is 21.9 Å². The van der Waals surface area contributed by atoms with Crippen LogP contribution in [0.4, 0.5) is 0 Å². The highest BCUT2D eigenvalue weighted by atomic mass is 16.5. The van der Waals surface area contributed by atoms with E-state index in [1.54, 1.807) is 6.07 Å². The average Bonchev–Trinajstić information content (AvgIpc) is 2.99. The van der Waals surface area contributed by atoms with Crippen LogP contribution in [0.5, 0.6) is 0 Å². The molecule has 0 saturated heterocycles. The number of esters is 1. The van der Waals surface area contributed by atoms with Crippen molar-refractivity contribution in [3.05, 3.63) is 35.3 Å². The highest BCUT2D eigenvalue weighted by Gasteiger charge is 2.19. The standard InChI is InChI=1S/C19H23N3O2/c1-5-11(6-2)17-16-13-9-8-12(19(23)24-4)10-14(13)20-18(16)22-15(7-3)21-17/h8-11H,5-7H2,1-4H3,(H,20,21,22). The molecule has 3 rings (SSSR count). The van der Waals surface area contributed by atoms with E-state index in [0.717, 1.165) is 52.7 Å². The Morgan fingerprint density at radius 3 is 2.58 bits per heavy atom. The van der Waals surface area contributed by atoms with Gasteiger partial charge in [0, 0.05) is 28.6 Å². The summed E-state index contributed by atoms with van der Waals surface area (Å²) in [5.74, 6) is 0.917. The molecule has 0 radical (unpaired) electrons. The Bertz CT molecular complexity index is 894. The molecule has 5 heteroatoms. The van der Waals surface area contributed by atoms with Crippen molar-refractivity contribution in [2.75, 3.05) is 7.11 Å². The molecule has 0 aliphatic heterocycles. The monoisotopic (exact) mass is 325 g/mol. The number of ether oxygens (including phenoxy) is 1. The number of methoxy groups -OCH3 is 1. The maximum absolute atomic E-state index is 11.8. The lowest BCUT2D eigenvalue weighted by atomic mass is 9.95. The fraction of sp³-hybridized carbons (Fsp3) is 0.421. The Hall–Kier alpha value is -2.43. The number of nitrogens with one attached hydrogen (secondary N) is 1. The Labute approximate surface area is 141 Å². The summed E-state index contributed by atoms with van der Waals surface area (Å²) in [6.45, 7) is 6.45. The number of benzene rings is 1. The summed E-state index contributed by atoms with van der Waals surface area (Å²) in [5.41, 5.74) is 3.38. The molecule has 2 aromatic heterocycles. The van der Waals surface area contributed by atoms with Crippen LogP contribution in [-0.2, 0) is 11.2 Å². The first-order chi connectivity index (χ1) is 11.6. The zero-order chi connectivity index (χ0) is 17.3. The SMILES string of the molecule is CCc1nc(C(CC)CC)c2c(n1)[nH]c1cc(C(=O)OC)ccc12. The van der Waals surface area contributed by atoms with Crippen LogP contribution in [0.2, 0.25) is 0 Å². The van der Waals surface area contributed by atoms with Crippen molar-refractivity contribution in [3.63, 3.8) is 0 Å². The second-order valence-corrected chi connectivity index (χ2v) is 5.99. The normalized spacial score (nSPS) is 11.5. The average molecular weight is 325 g/mol. The first-order valence-corrected chi connectivity index (χ1v) is 8.53. The van der Waals surface area contributed by atoms with Gasteiger partial charge in [0.2, 0.25) is 0 Å². The van der Waals surface area contributed by atoms with Crippen LogP contribution in [0.1, 0.15) is 61.4 Å². The number of carbonyl (C=O) groups is 1. The lowest BCUT2D eigenvalue weighted by Gasteiger charge is -2.14. The molecule has 5 nitrogen and oxygen atoms in total. The number of aromatic amines is 1. The Morgan fingerprint density at radius 2 is 1.96 bits per heavy atom. The number of fused-ring (bicyclic) bond motifs is 3. The second kappa shape index (κ2) is 6.59. The molecule has 1 aromatic carbocycles. The first-order valence-electron chi connectivity index (χ1n) is 8.53. The molecule has 2 heterocycles. The van der Waals surface area contributed by atoms with Crippen molar-refractivity contribution in [3.8, 4) is 0 Å². The summed E-state index contributed by atoms with van der Waals surface area (Å²) in [4.78, 5) is 24.6. The smallest absolute Gasteiger partial charge is 0.337 e. The van der Waals surface area contributed by atoms with E-state index < -0.39 is 0 Å². The van der Waals surface area contributed by atoms with Gasteiger partial charge in [0.15, 0.2) is 0 Å². The molecule has 0 fully saturated rings. The number of hydrogen-bond acceptors (Lipinski definition) is 4. The van der Waals surface area contributed by atoms with E-state index in [9.17, 15) is 4.79 Å². The molecule has 0 bridgehead atoms. The predicted octanol–water partition coefficient (Wildman–Crippen LogP) is 4.36. The molecular weight excluding hydrogens is 302 g/mol. The topological polar surface area (TPSA) is 67.9 Å². The van der Waals surface area contributed by atoms with Gasteiger partial charge in [-0.15, -0.1) is 0 Å². The molecule has 24 heavy (non-hydrogen) atoms. The molecule has 0 unspecified atom stereocenters. The summed E-state index contributed by atoms with van der Waals surface area (Å²) in [7, 11) is 1.39. The third-order valence-corrected chi connectivity index (χ3v) is 4.63. The van der Waals surface area contributed by atoms with Gasteiger partial charge < -0.3 is 9.72 Å². The Kier molecular flexibility index (Phi) is 4.51. The quantitative estimate of drug-likeness (QED) is 0.708. The maximum atomic E-state index is 11.8. The summed E-state index contributed by atoms with van der Waals surface area (Å²) >= 11 is 0. The molecule has 0 amide bonds. The summed E-state index contributed by atoms with van der Waals surface area (Å²) < 4.78 is 4.81. The summed E-state index contributed by atoms with van der Waals surface area (Å²) in [6, 6.07) is 5.58. The fourth-order valence-corrected chi connectivity index (χ4v) is 3.25. The van der Waals surface area contributed by atoms with Crippen LogP contribution < -0.4 is 0 Å². The van der Waals surface area contributed by atoms with Gasteiger partial charge in [0.05, 0.1) is 18.4 Å². The van der Waals surface area contributed by atoms with E-state index in [-0.39, 0.29) is 5.97 Å². The van der Waals surface area contributed by atoms with Gasteiger partial charge in [0.1, 0.15) is 11.5 Å². The zero-order valence-electron chi connectivity index (χ0n) is 14.6. The molecule has 0 atom stereocenters. The minimum absolute atomic E-state index is 0.337. The van der Waals surface area contributed by atoms with Crippen molar-refractivity contribution in [2.45, 2.75) is 46.0 Å². The minimum atomic E-state index is -0.337. The molecule has 0 saturated carbocycles. The number of aromatic nitrogens is 3. The third kappa shape index (κ3) is 2.64. The molecule has 126 valence electrons. The summed E-state index contributed by atoms with van der Waals surface area (Å²) in [6.07, 6.45) is 2.88. The number of nitrogens with zero attached hydrogens (tertiary/aromatic N) is 2. The van der Waals surface area contributed by atoms with Crippen LogP contribution in [0, 0.1) is 0 Å². The lowest BCUT2D eigenvalue weighted by Crippen LogP contribution is -2.04. The predicted molar refractivity (Wildman–Crippen MR) is 95.4 cm³/mol. The van der Waals surface area contributed by atoms with Gasteiger partial charge in [0.25, 0.3) is 0 Å². The largest absolute Gasteiger partial charge is 0.465 e. The molecule has 0 aliphatic carbocycles. The highest BCUT2D eigenvalue weighted by Crippen LogP contribution is 2.33. The van der Waals surface area contributed by atoms with E-state index in [1.165, 1.54) is 7.11 Å². The van der Waals surface area contributed by atoms with E-state index in [2.05, 4.69) is 30.7 Å². The number of H-pyrrole nitrogens is 1. The maximum Gasteiger partial charge on any atom is 0.337 e. The fourth-order valence-electron chi connectivity index (χ4n) is 3.25. The van der Waals surface area contributed by atoms with Crippen LogP contribution in [-0.4, -0.2) is 28.0 Å². The molecule has 1 N–H and O–H groups in total. The van der Waals surface area contributed by atoms with Crippen molar-refractivity contribution in [1.29, 1.82) is 0 Å². The molecule has 3 aromatic rings. The van der Waals surface area contributed by atoms with Gasteiger partial charge in [-0.2, -0.15) is 0 Å². The van der Waals surface area contributed by atoms with Crippen molar-refractivity contribution >= 4 is 27.9 Å². The third-order valence-electron chi connectivity index (χ3n) is 4.63.